The van der Waals surface area contributed by atoms with Crippen molar-refractivity contribution in [2.24, 2.45) is 4.99 Å². The molecule has 0 spiro atoms. The highest BCUT2D eigenvalue weighted by Crippen LogP contribution is 2.31. The highest BCUT2D eigenvalue weighted by atomic mass is 32.2. The lowest BCUT2D eigenvalue weighted by molar-refractivity contribution is -0.113. The molecule has 2 aromatic rings. The Hall–Kier alpha value is -3.01. The molecule has 2 aliphatic rings. The lowest BCUT2D eigenvalue weighted by Crippen LogP contribution is -2.33. The van der Waals surface area contributed by atoms with E-state index in [1.165, 1.54) is 30.3 Å². The van der Waals surface area contributed by atoms with E-state index in [2.05, 4.69) is 15.2 Å². The first kappa shape index (κ1) is 25.1. The minimum atomic E-state index is -0.660. The van der Waals surface area contributed by atoms with Gasteiger partial charge in [0.2, 0.25) is 0 Å². The van der Waals surface area contributed by atoms with Crippen LogP contribution in [0.2, 0.25) is 0 Å². The van der Waals surface area contributed by atoms with Crippen LogP contribution in [0.1, 0.15) is 24.8 Å². The summed E-state index contributed by atoms with van der Waals surface area (Å²) in [4.78, 5) is 19.4. The van der Waals surface area contributed by atoms with Crippen LogP contribution < -0.4 is 14.8 Å². The molecule has 4 rings (SSSR count). The lowest BCUT2D eigenvalue weighted by atomic mass is 10.1. The van der Waals surface area contributed by atoms with Crippen LogP contribution in [-0.2, 0) is 4.79 Å². The highest BCUT2D eigenvalue weighted by molar-refractivity contribution is 8.18. The molecular weight excluding hydrogens is 466 g/mol. The van der Waals surface area contributed by atoms with Crippen molar-refractivity contribution in [1.29, 1.82) is 0 Å². The number of amides is 1. The number of carbonyl (C=O) groups excluding carboxylic acids is 1. The van der Waals surface area contributed by atoms with E-state index in [1.807, 2.05) is 30.3 Å². The SMILES string of the molecule is O=C1N=C(N2CCCCC2)S/C1=C\c1ccc(OCCNC[C@H](O)COc2ccc(O)cc2)cc1. The average molecular weight is 498 g/mol. The number of carbonyl (C=O) groups is 1. The van der Waals surface area contributed by atoms with E-state index in [0.717, 1.165) is 42.4 Å². The monoisotopic (exact) mass is 497 g/mol. The minimum absolute atomic E-state index is 0.154. The van der Waals surface area contributed by atoms with E-state index in [0.29, 0.717) is 30.4 Å². The Morgan fingerprint density at radius 2 is 1.71 bits per heavy atom. The summed E-state index contributed by atoms with van der Waals surface area (Å²) in [7, 11) is 0. The van der Waals surface area contributed by atoms with Crippen molar-refractivity contribution in [3.63, 3.8) is 0 Å². The van der Waals surface area contributed by atoms with Crippen LogP contribution in [0.25, 0.3) is 6.08 Å². The van der Waals surface area contributed by atoms with Gasteiger partial charge in [0, 0.05) is 26.2 Å². The van der Waals surface area contributed by atoms with Crippen molar-refractivity contribution < 1.29 is 24.5 Å². The van der Waals surface area contributed by atoms with Crippen molar-refractivity contribution >= 4 is 28.9 Å². The number of aliphatic hydroxyl groups is 1. The van der Waals surface area contributed by atoms with Crippen molar-refractivity contribution in [2.45, 2.75) is 25.4 Å². The Bertz CT molecular complexity index is 1030. The maximum Gasteiger partial charge on any atom is 0.286 e. The second kappa shape index (κ2) is 12.6. The fourth-order valence-electron chi connectivity index (χ4n) is 3.73. The number of aromatic hydroxyl groups is 1. The van der Waals surface area contributed by atoms with Gasteiger partial charge in [-0.3, -0.25) is 4.79 Å². The highest BCUT2D eigenvalue weighted by Gasteiger charge is 2.26. The number of hydrogen-bond donors (Lipinski definition) is 3. The zero-order valence-electron chi connectivity index (χ0n) is 19.6. The first-order valence-corrected chi connectivity index (χ1v) is 12.7. The molecule has 35 heavy (non-hydrogen) atoms. The molecule has 0 aliphatic carbocycles. The Morgan fingerprint density at radius 3 is 2.46 bits per heavy atom. The molecule has 0 bridgehead atoms. The fourth-order valence-corrected chi connectivity index (χ4v) is 4.70. The maximum atomic E-state index is 12.3. The van der Waals surface area contributed by atoms with Crippen LogP contribution in [0.15, 0.2) is 58.4 Å². The zero-order chi connectivity index (χ0) is 24.5. The minimum Gasteiger partial charge on any atom is -0.508 e. The Balaban J connectivity index is 1.13. The normalized spacial score (nSPS) is 18.0. The molecule has 0 unspecified atom stereocenters. The van der Waals surface area contributed by atoms with E-state index in [4.69, 9.17) is 9.47 Å². The smallest absolute Gasteiger partial charge is 0.286 e. The summed E-state index contributed by atoms with van der Waals surface area (Å²) in [6, 6.07) is 14.0. The molecule has 2 aromatic carbocycles. The second-order valence-electron chi connectivity index (χ2n) is 8.44. The summed E-state index contributed by atoms with van der Waals surface area (Å²) in [5.74, 6) is 1.33. The topological polar surface area (TPSA) is 104 Å². The van der Waals surface area contributed by atoms with Gasteiger partial charge in [0.15, 0.2) is 5.17 Å². The molecule has 1 fully saturated rings. The number of nitrogens with zero attached hydrogens (tertiary/aromatic N) is 2. The number of aliphatic hydroxyl groups excluding tert-OH is 1. The van der Waals surface area contributed by atoms with Crippen LogP contribution in [0.5, 0.6) is 17.2 Å². The number of hydrogen-bond acceptors (Lipinski definition) is 8. The summed E-state index contributed by atoms with van der Waals surface area (Å²) in [6.07, 6.45) is 4.76. The van der Waals surface area contributed by atoms with Gasteiger partial charge in [-0.1, -0.05) is 12.1 Å². The Morgan fingerprint density at radius 1 is 1.03 bits per heavy atom. The van der Waals surface area contributed by atoms with Crippen LogP contribution in [0.4, 0.5) is 0 Å². The van der Waals surface area contributed by atoms with E-state index >= 15 is 0 Å². The van der Waals surface area contributed by atoms with E-state index in [-0.39, 0.29) is 18.3 Å². The predicted octanol–water partition coefficient (Wildman–Crippen LogP) is 3.26. The van der Waals surface area contributed by atoms with Crippen molar-refractivity contribution in [3.05, 3.63) is 59.0 Å². The molecule has 2 heterocycles. The van der Waals surface area contributed by atoms with Gasteiger partial charge >= 0.3 is 0 Å². The maximum absolute atomic E-state index is 12.3. The number of benzene rings is 2. The van der Waals surface area contributed by atoms with Gasteiger partial charge < -0.3 is 29.9 Å². The van der Waals surface area contributed by atoms with Crippen molar-refractivity contribution in [1.82, 2.24) is 10.2 Å². The number of likely N-dealkylation sites (tertiary alicyclic amines) is 1. The number of amidine groups is 1. The molecule has 1 saturated heterocycles. The molecule has 1 amide bonds. The van der Waals surface area contributed by atoms with Crippen LogP contribution in [0, 0.1) is 0 Å². The van der Waals surface area contributed by atoms with E-state index in [1.54, 1.807) is 12.1 Å². The fraction of sp³-hybridized carbons (Fsp3) is 0.385. The summed E-state index contributed by atoms with van der Waals surface area (Å²) in [5.41, 5.74) is 0.929. The average Bonchev–Trinajstić information content (AvgIpc) is 3.25. The number of rotatable bonds is 10. The van der Waals surface area contributed by atoms with Crippen LogP contribution >= 0.6 is 11.8 Å². The molecule has 0 saturated carbocycles. The van der Waals surface area contributed by atoms with Crippen molar-refractivity contribution in [3.8, 4) is 17.2 Å². The largest absolute Gasteiger partial charge is 0.508 e. The summed E-state index contributed by atoms with van der Waals surface area (Å²) >= 11 is 1.46. The second-order valence-corrected chi connectivity index (χ2v) is 9.45. The number of nitrogens with one attached hydrogen (secondary N) is 1. The number of thioether (sulfide) groups is 1. The van der Waals surface area contributed by atoms with Crippen molar-refractivity contribution in [2.75, 3.05) is 39.4 Å². The van der Waals surface area contributed by atoms with Gasteiger partial charge in [-0.2, -0.15) is 4.99 Å². The Kier molecular flexibility index (Phi) is 9.05. The van der Waals surface area contributed by atoms with Gasteiger partial charge in [0.25, 0.3) is 5.91 Å². The quantitative estimate of drug-likeness (QED) is 0.340. The molecule has 0 aromatic heterocycles. The summed E-state index contributed by atoms with van der Waals surface area (Å²) in [5, 5.41) is 23.2. The van der Waals surface area contributed by atoms with E-state index in [9.17, 15) is 15.0 Å². The van der Waals surface area contributed by atoms with Gasteiger partial charge in [-0.25, -0.2) is 0 Å². The number of phenols is 1. The molecule has 2 aliphatic heterocycles. The lowest BCUT2D eigenvalue weighted by Gasteiger charge is -2.27. The molecule has 1 atom stereocenters. The molecular formula is C26H31N3O5S. The molecule has 3 N–H and O–H groups in total. The zero-order valence-corrected chi connectivity index (χ0v) is 20.4. The summed E-state index contributed by atoms with van der Waals surface area (Å²) < 4.78 is 11.2. The third-order valence-electron chi connectivity index (χ3n) is 5.62. The van der Waals surface area contributed by atoms with Crippen LogP contribution in [-0.4, -0.2) is 71.7 Å². The van der Waals surface area contributed by atoms with E-state index < -0.39 is 6.10 Å². The van der Waals surface area contributed by atoms with Crippen LogP contribution in [0.3, 0.4) is 0 Å². The number of piperidine rings is 1. The first-order valence-electron chi connectivity index (χ1n) is 11.9. The summed E-state index contributed by atoms with van der Waals surface area (Å²) in [6.45, 7) is 3.50. The third kappa shape index (κ3) is 7.74. The first-order chi connectivity index (χ1) is 17.1. The molecule has 8 nitrogen and oxygen atoms in total. The Labute approximate surface area is 209 Å². The molecule has 9 heteroatoms. The number of ether oxygens (including phenoxy) is 2. The van der Waals surface area contributed by atoms with Gasteiger partial charge in [0.05, 0.1) is 4.91 Å². The van der Waals surface area contributed by atoms with Gasteiger partial charge in [-0.05, 0) is 79.1 Å². The number of aliphatic imine (C=N–C) groups is 1. The molecule has 0 radical (unpaired) electrons. The predicted molar refractivity (Wildman–Crippen MR) is 138 cm³/mol. The number of phenolic OH excluding ortho intramolecular Hbond substituents is 1. The van der Waals surface area contributed by atoms with Gasteiger partial charge in [0.1, 0.15) is 36.6 Å². The van der Waals surface area contributed by atoms with Gasteiger partial charge in [-0.15, -0.1) is 0 Å². The molecule has 186 valence electrons. The third-order valence-corrected chi connectivity index (χ3v) is 6.66. The standard InChI is InChI=1S/C26H31N3O5S/c30-20-6-10-23(11-7-20)34-18-21(31)17-27-12-15-33-22-8-4-19(5-9-22)16-24-25(32)28-26(35-24)29-13-2-1-3-14-29/h4-11,16,21,27,30-31H,1-3,12-15,17-18H2/b24-16-/t21-/m0/s1.